The number of benzene rings is 1. The van der Waals surface area contributed by atoms with Gasteiger partial charge < -0.3 is 20.3 Å². The molecule has 2 saturated carbocycles. The van der Waals surface area contributed by atoms with Gasteiger partial charge in [-0.15, -0.1) is 0 Å². The Bertz CT molecular complexity index is 1490. The Morgan fingerprint density at radius 1 is 1.10 bits per heavy atom. The lowest BCUT2D eigenvalue weighted by Gasteiger charge is -2.40. The van der Waals surface area contributed by atoms with E-state index in [0.717, 1.165) is 36.8 Å². The van der Waals surface area contributed by atoms with Crippen molar-refractivity contribution in [2.24, 2.45) is 5.92 Å². The lowest BCUT2D eigenvalue weighted by Crippen LogP contribution is -2.47. The highest BCUT2D eigenvalue weighted by Gasteiger charge is 2.30. The quantitative estimate of drug-likeness (QED) is 0.343. The third-order valence-electron chi connectivity index (χ3n) is 9.07. The molecular weight excluding hydrogens is 504 g/mol. The number of amides is 1. The molecule has 4 heterocycles. The first-order chi connectivity index (χ1) is 19.6. The molecule has 3 aliphatic rings. The van der Waals surface area contributed by atoms with E-state index in [2.05, 4.69) is 43.5 Å². The lowest BCUT2D eigenvalue weighted by molar-refractivity contribution is 0.101. The number of hydrogen-bond donors (Lipinski definition) is 2. The van der Waals surface area contributed by atoms with Gasteiger partial charge in [-0.3, -0.25) is 9.48 Å². The Labute approximate surface area is 234 Å². The second-order valence-corrected chi connectivity index (χ2v) is 11.8. The van der Waals surface area contributed by atoms with E-state index in [1.165, 1.54) is 38.5 Å². The second kappa shape index (κ2) is 10.8. The summed E-state index contributed by atoms with van der Waals surface area (Å²) in [5.41, 5.74) is 2.50. The van der Waals surface area contributed by atoms with E-state index in [1.807, 2.05) is 12.1 Å². The van der Waals surface area contributed by atoms with Gasteiger partial charge in [0.05, 0.1) is 30.0 Å². The van der Waals surface area contributed by atoms with Gasteiger partial charge in [-0.05, 0) is 89.6 Å². The van der Waals surface area contributed by atoms with Crippen molar-refractivity contribution in [1.82, 2.24) is 34.6 Å². The van der Waals surface area contributed by atoms with E-state index in [9.17, 15) is 4.79 Å². The highest BCUT2D eigenvalue weighted by molar-refractivity contribution is 6.09. The molecule has 0 radical (unpaired) electrons. The van der Waals surface area contributed by atoms with Gasteiger partial charge >= 0.3 is 0 Å². The topological polar surface area (TPSA) is 102 Å². The van der Waals surface area contributed by atoms with Crippen LogP contribution in [0.4, 0.5) is 5.69 Å². The van der Waals surface area contributed by atoms with Crippen molar-refractivity contribution in [2.45, 2.75) is 69.5 Å². The van der Waals surface area contributed by atoms with Crippen molar-refractivity contribution in [2.75, 3.05) is 32.1 Å². The maximum Gasteiger partial charge on any atom is 0.261 e. The first-order valence-corrected chi connectivity index (χ1v) is 14.8. The Hall–Kier alpha value is -3.50. The SMILES string of the molecule is CN(C1CCNCC1)[C@H]1CC[C@H](n2cc3cc(NC(=O)c4cnn5cccnc45)c(OCC4CC4)cc3n2)CC1. The minimum Gasteiger partial charge on any atom is -0.491 e. The first-order valence-electron chi connectivity index (χ1n) is 14.8. The van der Waals surface area contributed by atoms with Crippen LogP contribution in [0.2, 0.25) is 0 Å². The Morgan fingerprint density at radius 2 is 1.90 bits per heavy atom. The summed E-state index contributed by atoms with van der Waals surface area (Å²) in [4.78, 5) is 20.3. The van der Waals surface area contributed by atoms with Gasteiger partial charge in [0.2, 0.25) is 0 Å². The summed E-state index contributed by atoms with van der Waals surface area (Å²) in [7, 11) is 2.32. The van der Waals surface area contributed by atoms with Crippen molar-refractivity contribution < 1.29 is 9.53 Å². The van der Waals surface area contributed by atoms with Crippen LogP contribution in [0.15, 0.2) is 43.0 Å². The number of ether oxygens (including phenoxy) is 1. The van der Waals surface area contributed by atoms with Gasteiger partial charge in [0.15, 0.2) is 5.65 Å². The molecule has 0 unspecified atom stereocenters. The Balaban J connectivity index is 1.09. The first kappa shape index (κ1) is 25.5. The standard InChI is InChI=1S/C30H38N8O2/c1-36(23-9-12-31-13-10-23)22-5-7-24(8-6-22)38-18-21-15-27(28(16-26(21)35-38)40-19-20-3-4-20)34-30(39)25-17-33-37-14-2-11-32-29(25)37/h2,11,14-18,20,22-24,31H,3-10,12-13,19H2,1H3,(H,34,39)/t22-,24-. The molecular formula is C30H38N8O2. The van der Waals surface area contributed by atoms with Crippen LogP contribution in [0.3, 0.4) is 0 Å². The van der Waals surface area contributed by atoms with Crippen molar-refractivity contribution in [3.63, 3.8) is 0 Å². The number of fused-ring (bicyclic) bond motifs is 2. The predicted octanol–water partition coefficient (Wildman–Crippen LogP) is 4.29. The number of piperidine rings is 1. The molecule has 1 aromatic carbocycles. The van der Waals surface area contributed by atoms with Gasteiger partial charge in [0, 0.05) is 42.1 Å². The van der Waals surface area contributed by atoms with Crippen LogP contribution in [-0.4, -0.2) is 74.0 Å². The minimum absolute atomic E-state index is 0.257. The monoisotopic (exact) mass is 542 g/mol. The predicted molar refractivity (Wildman–Crippen MR) is 154 cm³/mol. The van der Waals surface area contributed by atoms with Crippen LogP contribution in [0.5, 0.6) is 5.75 Å². The third kappa shape index (κ3) is 5.17. The third-order valence-corrected chi connectivity index (χ3v) is 9.07. The van der Waals surface area contributed by atoms with E-state index >= 15 is 0 Å². The van der Waals surface area contributed by atoms with E-state index in [4.69, 9.17) is 9.84 Å². The molecule has 0 atom stereocenters. The summed E-state index contributed by atoms with van der Waals surface area (Å²) in [6.07, 6.45) is 16.7. The zero-order valence-corrected chi connectivity index (χ0v) is 23.1. The molecule has 40 heavy (non-hydrogen) atoms. The number of carbonyl (C=O) groups is 1. The summed E-state index contributed by atoms with van der Waals surface area (Å²) < 4.78 is 9.97. The molecule has 3 fully saturated rings. The highest BCUT2D eigenvalue weighted by Crippen LogP contribution is 2.37. The molecule has 3 aromatic heterocycles. The maximum atomic E-state index is 13.3. The minimum atomic E-state index is -0.257. The fourth-order valence-electron chi connectivity index (χ4n) is 6.39. The molecule has 10 nitrogen and oxygen atoms in total. The normalized spacial score (nSPS) is 22.2. The van der Waals surface area contributed by atoms with Crippen molar-refractivity contribution >= 4 is 28.1 Å². The molecule has 0 spiro atoms. The zero-order chi connectivity index (χ0) is 27.1. The molecule has 1 saturated heterocycles. The molecule has 1 amide bonds. The van der Waals surface area contributed by atoms with Crippen LogP contribution in [0, 0.1) is 5.92 Å². The number of nitrogens with zero attached hydrogens (tertiary/aromatic N) is 6. The van der Waals surface area contributed by atoms with Crippen molar-refractivity contribution in [3.8, 4) is 5.75 Å². The van der Waals surface area contributed by atoms with E-state index in [1.54, 1.807) is 29.2 Å². The molecule has 4 aromatic rings. The molecule has 1 aliphatic heterocycles. The van der Waals surface area contributed by atoms with E-state index in [-0.39, 0.29) is 5.91 Å². The van der Waals surface area contributed by atoms with Crippen LogP contribution in [-0.2, 0) is 0 Å². The maximum absolute atomic E-state index is 13.3. The summed E-state index contributed by atoms with van der Waals surface area (Å²) in [5, 5.41) is 16.8. The van der Waals surface area contributed by atoms with Crippen LogP contribution in [0.1, 0.15) is 67.8 Å². The average molecular weight is 543 g/mol. The summed E-state index contributed by atoms with van der Waals surface area (Å²) in [6, 6.07) is 7.51. The highest BCUT2D eigenvalue weighted by atomic mass is 16.5. The summed E-state index contributed by atoms with van der Waals surface area (Å²) >= 11 is 0. The number of aromatic nitrogens is 5. The zero-order valence-electron chi connectivity index (χ0n) is 23.1. The van der Waals surface area contributed by atoms with Crippen molar-refractivity contribution in [1.29, 1.82) is 0 Å². The van der Waals surface area contributed by atoms with E-state index < -0.39 is 0 Å². The van der Waals surface area contributed by atoms with Gasteiger partial charge in [-0.1, -0.05) is 0 Å². The summed E-state index contributed by atoms with van der Waals surface area (Å²) in [6.45, 7) is 2.92. The van der Waals surface area contributed by atoms with Gasteiger partial charge in [-0.2, -0.15) is 10.2 Å². The fraction of sp³-hybridized carbons (Fsp3) is 0.533. The molecule has 210 valence electrons. The molecule has 7 rings (SSSR count). The fourth-order valence-corrected chi connectivity index (χ4v) is 6.39. The van der Waals surface area contributed by atoms with Crippen LogP contribution in [0.25, 0.3) is 16.6 Å². The largest absolute Gasteiger partial charge is 0.491 e. The number of carbonyl (C=O) groups excluding carboxylic acids is 1. The molecule has 2 aliphatic carbocycles. The average Bonchev–Trinajstić information content (AvgIpc) is 3.58. The molecule has 2 N–H and O–H groups in total. The van der Waals surface area contributed by atoms with Crippen LogP contribution < -0.4 is 15.4 Å². The van der Waals surface area contributed by atoms with Crippen LogP contribution >= 0.6 is 0 Å². The van der Waals surface area contributed by atoms with Gasteiger partial charge in [0.1, 0.15) is 11.3 Å². The van der Waals surface area contributed by atoms with Crippen molar-refractivity contribution in [3.05, 3.63) is 48.5 Å². The van der Waals surface area contributed by atoms with E-state index in [0.29, 0.717) is 53.3 Å². The number of hydrogen-bond acceptors (Lipinski definition) is 7. The Kier molecular flexibility index (Phi) is 6.89. The second-order valence-electron chi connectivity index (χ2n) is 11.8. The Morgan fingerprint density at radius 3 is 2.70 bits per heavy atom. The number of nitrogens with one attached hydrogen (secondary N) is 2. The molecule has 0 bridgehead atoms. The smallest absolute Gasteiger partial charge is 0.261 e. The molecule has 10 heteroatoms. The van der Waals surface area contributed by atoms with Gasteiger partial charge in [0.25, 0.3) is 5.91 Å². The summed E-state index contributed by atoms with van der Waals surface area (Å²) in [5.74, 6) is 1.00. The van der Waals surface area contributed by atoms with Gasteiger partial charge in [-0.25, -0.2) is 9.50 Å². The lowest BCUT2D eigenvalue weighted by atomic mass is 9.89. The number of anilines is 1. The number of rotatable bonds is 8.